The van der Waals surface area contributed by atoms with E-state index in [0.29, 0.717) is 0 Å². The van der Waals surface area contributed by atoms with E-state index in [0.717, 1.165) is 0 Å². The SMILES string of the molecule is FC(F)(F)NC(=S)c1ccccn1. The maximum atomic E-state index is 11.8. The van der Waals surface area contributed by atoms with Crippen LogP contribution in [0.5, 0.6) is 0 Å². The number of nitrogens with one attached hydrogen (secondary N) is 1. The molecule has 0 amide bonds. The summed E-state index contributed by atoms with van der Waals surface area (Å²) in [7, 11) is 0. The van der Waals surface area contributed by atoms with E-state index in [1.807, 2.05) is 0 Å². The molecular weight excluding hydrogens is 201 g/mol. The third kappa shape index (κ3) is 3.37. The first-order valence-corrected chi connectivity index (χ1v) is 3.70. The highest BCUT2D eigenvalue weighted by molar-refractivity contribution is 7.80. The molecule has 0 aliphatic heterocycles. The minimum atomic E-state index is -4.51. The van der Waals surface area contributed by atoms with Gasteiger partial charge in [-0.2, -0.15) is 13.2 Å². The lowest BCUT2D eigenvalue weighted by atomic mass is 10.3. The van der Waals surface area contributed by atoms with Gasteiger partial charge in [0, 0.05) is 6.20 Å². The predicted molar refractivity (Wildman–Crippen MR) is 45.1 cm³/mol. The van der Waals surface area contributed by atoms with Crippen molar-refractivity contribution >= 4 is 17.2 Å². The molecule has 70 valence electrons. The quantitative estimate of drug-likeness (QED) is 0.560. The van der Waals surface area contributed by atoms with E-state index < -0.39 is 11.3 Å². The first-order valence-electron chi connectivity index (χ1n) is 3.29. The van der Waals surface area contributed by atoms with E-state index in [2.05, 4.69) is 17.2 Å². The molecule has 0 aromatic carbocycles. The Morgan fingerprint density at radius 1 is 1.38 bits per heavy atom. The molecular formula is C7H5F3N2S. The molecule has 0 saturated carbocycles. The largest absolute Gasteiger partial charge is 0.483 e. The maximum absolute atomic E-state index is 11.8. The third-order valence-electron chi connectivity index (χ3n) is 1.15. The van der Waals surface area contributed by atoms with Crippen LogP contribution in [0.1, 0.15) is 5.69 Å². The molecule has 0 atom stereocenters. The predicted octanol–water partition coefficient (Wildman–Crippen LogP) is 1.87. The first kappa shape index (κ1) is 9.91. The molecule has 1 rings (SSSR count). The van der Waals surface area contributed by atoms with Gasteiger partial charge >= 0.3 is 6.30 Å². The van der Waals surface area contributed by atoms with E-state index in [1.54, 1.807) is 12.1 Å². The van der Waals surface area contributed by atoms with E-state index in [4.69, 9.17) is 0 Å². The third-order valence-corrected chi connectivity index (χ3v) is 1.46. The molecule has 1 heterocycles. The minimum Gasteiger partial charge on any atom is -0.286 e. The Kier molecular flexibility index (Phi) is 2.82. The molecule has 0 unspecified atom stereocenters. The van der Waals surface area contributed by atoms with Crippen LogP contribution < -0.4 is 5.32 Å². The summed E-state index contributed by atoms with van der Waals surface area (Å²) in [5.74, 6) is 0. The molecule has 0 fully saturated rings. The minimum absolute atomic E-state index is 0.106. The molecule has 0 saturated heterocycles. The summed E-state index contributed by atoms with van der Waals surface area (Å²) in [6.07, 6.45) is -3.13. The van der Waals surface area contributed by atoms with Crippen molar-refractivity contribution in [3.8, 4) is 0 Å². The number of rotatable bonds is 1. The number of aromatic nitrogens is 1. The van der Waals surface area contributed by atoms with Crippen LogP contribution in [0.2, 0.25) is 0 Å². The van der Waals surface area contributed by atoms with Gasteiger partial charge in [-0.1, -0.05) is 18.3 Å². The fourth-order valence-electron chi connectivity index (χ4n) is 0.690. The summed E-state index contributed by atoms with van der Waals surface area (Å²) in [4.78, 5) is 3.24. The van der Waals surface area contributed by atoms with Gasteiger partial charge in [0.05, 0.1) is 5.69 Å². The van der Waals surface area contributed by atoms with Gasteiger partial charge in [-0.05, 0) is 12.1 Å². The zero-order valence-corrected chi connectivity index (χ0v) is 7.12. The summed E-state index contributed by atoms with van der Waals surface area (Å²) in [6, 6.07) is 4.56. The van der Waals surface area contributed by atoms with Crippen molar-refractivity contribution in [3.05, 3.63) is 30.1 Å². The molecule has 0 aliphatic rings. The topological polar surface area (TPSA) is 24.9 Å². The van der Waals surface area contributed by atoms with Gasteiger partial charge in [0.15, 0.2) is 0 Å². The standard InChI is InChI=1S/C7H5F3N2S/c8-7(9,10)12-6(13)5-3-1-2-4-11-5/h1-4H,(H,12,13). The average Bonchev–Trinajstić information content (AvgIpc) is 2.03. The summed E-state index contributed by atoms with van der Waals surface area (Å²) < 4.78 is 35.3. The highest BCUT2D eigenvalue weighted by atomic mass is 32.1. The van der Waals surface area contributed by atoms with Gasteiger partial charge in [0.2, 0.25) is 0 Å². The molecule has 0 aliphatic carbocycles. The summed E-state index contributed by atoms with van der Waals surface area (Å²) in [5.41, 5.74) is 0.106. The van der Waals surface area contributed by atoms with Crippen LogP contribution in [0.25, 0.3) is 0 Å². The molecule has 1 aromatic heterocycles. The van der Waals surface area contributed by atoms with Crippen molar-refractivity contribution in [2.75, 3.05) is 0 Å². The molecule has 13 heavy (non-hydrogen) atoms. The Labute approximate surface area is 77.8 Å². The Hall–Kier alpha value is -1.17. The molecule has 2 nitrogen and oxygen atoms in total. The van der Waals surface area contributed by atoms with Crippen molar-refractivity contribution in [1.82, 2.24) is 10.3 Å². The highest BCUT2D eigenvalue weighted by Crippen LogP contribution is 2.10. The van der Waals surface area contributed by atoms with Crippen LogP contribution >= 0.6 is 12.2 Å². The molecule has 1 N–H and O–H groups in total. The lowest BCUT2D eigenvalue weighted by Gasteiger charge is -2.09. The number of hydrogen-bond acceptors (Lipinski definition) is 2. The number of hydrogen-bond donors (Lipinski definition) is 1. The molecule has 1 aromatic rings. The Bertz CT molecular complexity index is 296. The Morgan fingerprint density at radius 3 is 2.54 bits per heavy atom. The van der Waals surface area contributed by atoms with Crippen LogP contribution in [-0.4, -0.2) is 16.3 Å². The van der Waals surface area contributed by atoms with E-state index in [-0.39, 0.29) is 5.69 Å². The number of alkyl halides is 3. The number of nitrogens with zero attached hydrogens (tertiary/aromatic N) is 1. The van der Waals surface area contributed by atoms with Gasteiger partial charge in [-0.3, -0.25) is 10.3 Å². The van der Waals surface area contributed by atoms with Gasteiger partial charge in [0.1, 0.15) is 4.99 Å². The van der Waals surface area contributed by atoms with Gasteiger partial charge in [-0.15, -0.1) is 0 Å². The van der Waals surface area contributed by atoms with Gasteiger partial charge in [-0.25, -0.2) is 0 Å². The first-order chi connectivity index (χ1) is 5.99. The van der Waals surface area contributed by atoms with Crippen LogP contribution in [0.3, 0.4) is 0 Å². The molecule has 6 heteroatoms. The lowest BCUT2D eigenvalue weighted by Crippen LogP contribution is -2.36. The molecule has 0 spiro atoms. The summed E-state index contributed by atoms with van der Waals surface area (Å²) in [6.45, 7) is 0. The van der Waals surface area contributed by atoms with Crippen molar-refractivity contribution < 1.29 is 13.2 Å². The summed E-state index contributed by atoms with van der Waals surface area (Å²) >= 11 is 4.48. The second-order valence-corrected chi connectivity index (χ2v) is 2.58. The van der Waals surface area contributed by atoms with Gasteiger partial charge < -0.3 is 0 Å². The van der Waals surface area contributed by atoms with Crippen molar-refractivity contribution in [3.63, 3.8) is 0 Å². The number of pyridine rings is 1. The second kappa shape index (κ2) is 3.69. The molecule has 0 radical (unpaired) electrons. The Morgan fingerprint density at radius 2 is 2.08 bits per heavy atom. The lowest BCUT2D eigenvalue weighted by molar-refractivity contribution is -0.141. The van der Waals surface area contributed by atoms with Crippen LogP contribution in [0, 0.1) is 0 Å². The number of halogens is 3. The zero-order valence-electron chi connectivity index (χ0n) is 6.30. The van der Waals surface area contributed by atoms with Crippen LogP contribution in [0.15, 0.2) is 24.4 Å². The van der Waals surface area contributed by atoms with Crippen LogP contribution in [-0.2, 0) is 0 Å². The zero-order chi connectivity index (χ0) is 9.90. The fraction of sp³-hybridized carbons (Fsp3) is 0.143. The smallest absolute Gasteiger partial charge is 0.286 e. The Balaban J connectivity index is 2.71. The second-order valence-electron chi connectivity index (χ2n) is 2.17. The van der Waals surface area contributed by atoms with Crippen molar-refractivity contribution in [1.29, 1.82) is 0 Å². The fourth-order valence-corrected chi connectivity index (χ4v) is 0.926. The normalized spacial score (nSPS) is 11.0. The van der Waals surface area contributed by atoms with E-state index in [9.17, 15) is 13.2 Å². The van der Waals surface area contributed by atoms with E-state index in [1.165, 1.54) is 17.6 Å². The summed E-state index contributed by atoms with van der Waals surface area (Å²) in [5, 5.41) is 1.20. The monoisotopic (exact) mass is 206 g/mol. The van der Waals surface area contributed by atoms with Gasteiger partial charge in [0.25, 0.3) is 0 Å². The molecule has 0 bridgehead atoms. The van der Waals surface area contributed by atoms with Crippen LogP contribution in [0.4, 0.5) is 13.2 Å². The maximum Gasteiger partial charge on any atom is 0.483 e. The highest BCUT2D eigenvalue weighted by Gasteiger charge is 2.28. The van der Waals surface area contributed by atoms with Crippen molar-refractivity contribution in [2.24, 2.45) is 0 Å². The number of thiocarbonyl (C=S) groups is 1. The average molecular weight is 206 g/mol. The van der Waals surface area contributed by atoms with Crippen molar-refractivity contribution in [2.45, 2.75) is 6.30 Å². The van der Waals surface area contributed by atoms with E-state index >= 15 is 0 Å².